The smallest absolute Gasteiger partial charge is 0.142 e. The summed E-state index contributed by atoms with van der Waals surface area (Å²) in [5, 5.41) is 4.90. The van der Waals surface area contributed by atoms with Crippen LogP contribution in [0.1, 0.15) is 86.8 Å². The molecule has 3 aromatic heterocycles. The molecule has 0 saturated carbocycles. The Kier molecular flexibility index (Phi) is 9.84. The third kappa shape index (κ3) is 6.48. The topological polar surface area (TPSA) is 38.5 Å². The van der Waals surface area contributed by atoms with Crippen molar-refractivity contribution in [1.82, 2.24) is 14.1 Å². The van der Waals surface area contributed by atoms with E-state index in [2.05, 4.69) is 239 Å². The van der Waals surface area contributed by atoms with Crippen molar-refractivity contribution in [3.63, 3.8) is 0 Å². The van der Waals surface area contributed by atoms with Gasteiger partial charge in [0.15, 0.2) is 0 Å². The van der Waals surface area contributed by atoms with Gasteiger partial charge < -0.3 is 19.1 Å². The summed E-state index contributed by atoms with van der Waals surface area (Å²) in [5.41, 5.74) is 16.5. The van der Waals surface area contributed by atoms with Crippen molar-refractivity contribution in [2.75, 3.05) is 23.5 Å². The number of hydrogen-bond donors (Lipinski definition) is 0. The molecule has 0 fully saturated rings. The van der Waals surface area contributed by atoms with Gasteiger partial charge in [-0.1, -0.05) is 139 Å². The van der Waals surface area contributed by atoms with Crippen molar-refractivity contribution < 1.29 is 4.74 Å². The quantitative estimate of drug-likeness (QED) is 0.145. The highest BCUT2D eigenvalue weighted by Gasteiger charge is 2.30. The molecule has 10 aromatic rings. The molecule has 6 heteroatoms. The molecule has 0 unspecified atom stereocenters. The second-order valence-electron chi connectivity index (χ2n) is 19.5. The number of aryl methyl sites for hydroxylation is 1. The van der Waals surface area contributed by atoms with Crippen LogP contribution in [0.3, 0.4) is 0 Å². The molecule has 11 rings (SSSR count). The second-order valence-corrected chi connectivity index (χ2v) is 19.5. The van der Waals surface area contributed by atoms with Gasteiger partial charge in [0.05, 0.1) is 45.8 Å². The Labute approximate surface area is 388 Å². The molecule has 4 heterocycles. The van der Waals surface area contributed by atoms with Crippen LogP contribution in [0, 0.1) is 13.8 Å². The largest absolute Gasteiger partial charge is 0.457 e. The number of ether oxygens (including phenoxy) is 1. The van der Waals surface area contributed by atoms with Gasteiger partial charge in [0.1, 0.15) is 17.3 Å². The highest BCUT2D eigenvalue weighted by Crippen LogP contribution is 2.46. The third-order valence-corrected chi connectivity index (χ3v) is 14.2. The molecule has 0 aliphatic carbocycles. The maximum atomic E-state index is 7.08. The number of hydrogen-bond acceptors (Lipinski definition) is 4. The van der Waals surface area contributed by atoms with E-state index < -0.39 is 0 Å². The van der Waals surface area contributed by atoms with Gasteiger partial charge in [-0.15, -0.1) is 0 Å². The predicted octanol–water partition coefficient (Wildman–Crippen LogP) is 15.8. The van der Waals surface area contributed by atoms with Crippen LogP contribution in [0.5, 0.6) is 11.5 Å². The molecule has 1 aliphatic rings. The van der Waals surface area contributed by atoms with Crippen molar-refractivity contribution >= 4 is 60.7 Å². The molecular weight excluding hydrogens is 807 g/mol. The summed E-state index contributed by atoms with van der Waals surface area (Å²) in [6.45, 7) is 19.1. The lowest BCUT2D eigenvalue weighted by Gasteiger charge is -2.29. The summed E-state index contributed by atoms with van der Waals surface area (Å²) in [5.74, 6) is 3.14. The lowest BCUT2D eigenvalue weighted by atomic mass is 9.78. The minimum Gasteiger partial charge on any atom is -0.457 e. The van der Waals surface area contributed by atoms with E-state index in [1.165, 1.54) is 66.5 Å². The lowest BCUT2D eigenvalue weighted by molar-refractivity contribution is 0.480. The van der Waals surface area contributed by atoms with Gasteiger partial charge >= 0.3 is 0 Å². The molecule has 66 heavy (non-hydrogen) atoms. The Balaban J connectivity index is 1.10. The predicted molar refractivity (Wildman–Crippen MR) is 278 cm³/mol. The van der Waals surface area contributed by atoms with Crippen molar-refractivity contribution in [3.05, 3.63) is 191 Å². The zero-order valence-electron chi connectivity index (χ0n) is 39.5. The molecule has 1 aliphatic heterocycles. The molecular formula is C60H57N5O. The van der Waals surface area contributed by atoms with Gasteiger partial charge in [0, 0.05) is 63.6 Å². The standard InChI is InChI=1S/C60H57N5O/c1-37(2)46-22-17-24-50-51-25-18-23-47(38(3)4)58(51)65(57(46)50)56-39(5)35-61-59(40(56)6)64-52-26-14-13-21-48(52)49-30-29-44(34-55(49)64)66-45-32-42(60(7,8)41-19-11-10-12-20-41)31-43(33-45)63-36-62(9)53-27-15-16-28-54(53)63/h10-35,37-38H,36H2,1-9H3. The number of anilines is 3. The molecule has 0 saturated heterocycles. The highest BCUT2D eigenvalue weighted by atomic mass is 16.5. The minimum absolute atomic E-state index is 0.286. The first kappa shape index (κ1) is 41.4. The van der Waals surface area contributed by atoms with Crippen molar-refractivity contribution in [3.8, 4) is 23.0 Å². The van der Waals surface area contributed by atoms with E-state index in [4.69, 9.17) is 9.72 Å². The number of benzene rings is 7. The molecule has 6 nitrogen and oxygen atoms in total. The molecule has 0 N–H and O–H groups in total. The van der Waals surface area contributed by atoms with Crippen LogP contribution < -0.4 is 14.5 Å². The van der Waals surface area contributed by atoms with Crippen LogP contribution in [0.15, 0.2) is 158 Å². The molecule has 0 bridgehead atoms. The Morgan fingerprint density at radius 1 is 0.561 bits per heavy atom. The summed E-state index contributed by atoms with van der Waals surface area (Å²) in [6.07, 6.45) is 2.07. The van der Waals surface area contributed by atoms with Gasteiger partial charge in [0.2, 0.25) is 0 Å². The first-order valence-electron chi connectivity index (χ1n) is 23.4. The Hall–Kier alpha value is -7.31. The zero-order valence-corrected chi connectivity index (χ0v) is 39.5. The average molecular weight is 864 g/mol. The van der Waals surface area contributed by atoms with Crippen molar-refractivity contribution in [1.29, 1.82) is 0 Å². The lowest BCUT2D eigenvalue weighted by Crippen LogP contribution is -2.25. The van der Waals surface area contributed by atoms with E-state index in [-0.39, 0.29) is 5.41 Å². The highest BCUT2D eigenvalue weighted by molar-refractivity contribution is 6.12. The summed E-state index contributed by atoms with van der Waals surface area (Å²) >= 11 is 0. The molecule has 328 valence electrons. The molecule has 0 spiro atoms. The molecule has 7 aromatic carbocycles. The van der Waals surface area contributed by atoms with Gasteiger partial charge in [-0.3, -0.25) is 4.57 Å². The van der Waals surface area contributed by atoms with Gasteiger partial charge in [-0.25, -0.2) is 4.98 Å². The third-order valence-electron chi connectivity index (χ3n) is 14.2. The summed E-state index contributed by atoms with van der Waals surface area (Å²) < 4.78 is 12.0. The first-order chi connectivity index (χ1) is 31.9. The van der Waals surface area contributed by atoms with Crippen LogP contribution in [0.25, 0.3) is 55.1 Å². The maximum Gasteiger partial charge on any atom is 0.142 e. The SMILES string of the molecule is Cc1cnc(-n2c3ccccc3c3ccc(Oc4cc(N5CN(C)c6ccccc65)cc(C(C)(C)c5ccccc5)c4)cc32)c(C)c1-n1c2c(C(C)C)cccc2c2cccc(C(C)C)c21. The Morgan fingerprint density at radius 2 is 1.18 bits per heavy atom. The second kappa shape index (κ2) is 15.7. The summed E-state index contributed by atoms with van der Waals surface area (Å²) in [6, 6.07) is 55.1. The van der Waals surface area contributed by atoms with E-state index in [0.29, 0.717) is 11.8 Å². The number of rotatable bonds is 9. The summed E-state index contributed by atoms with van der Waals surface area (Å²) in [4.78, 5) is 10.0. The minimum atomic E-state index is -0.286. The van der Waals surface area contributed by atoms with Crippen molar-refractivity contribution in [2.45, 2.75) is 72.6 Å². The fraction of sp³-hybridized carbons (Fsp3) is 0.217. The number of nitrogens with zero attached hydrogens (tertiary/aromatic N) is 5. The van der Waals surface area contributed by atoms with Gasteiger partial charge in [-0.05, 0) is 96.0 Å². The normalized spacial score (nSPS) is 13.1. The first-order valence-corrected chi connectivity index (χ1v) is 23.4. The number of aromatic nitrogens is 3. The fourth-order valence-electron chi connectivity index (χ4n) is 10.8. The van der Waals surface area contributed by atoms with E-state index >= 15 is 0 Å². The van der Waals surface area contributed by atoms with Crippen LogP contribution in [0.4, 0.5) is 17.1 Å². The zero-order chi connectivity index (χ0) is 45.6. The Bertz CT molecular complexity index is 3450. The van der Waals surface area contributed by atoms with Crippen LogP contribution in [0.2, 0.25) is 0 Å². The molecule has 0 atom stereocenters. The summed E-state index contributed by atoms with van der Waals surface area (Å²) in [7, 11) is 2.16. The number of fused-ring (bicyclic) bond motifs is 7. The molecule has 0 radical (unpaired) electrons. The number of para-hydroxylation sites is 5. The molecule has 0 amide bonds. The van der Waals surface area contributed by atoms with Gasteiger partial charge in [-0.2, -0.15) is 0 Å². The number of pyridine rings is 1. The fourth-order valence-corrected chi connectivity index (χ4v) is 10.8. The van der Waals surface area contributed by atoms with Crippen molar-refractivity contribution in [2.24, 2.45) is 0 Å². The Morgan fingerprint density at radius 3 is 1.88 bits per heavy atom. The van der Waals surface area contributed by atoms with Crippen LogP contribution in [-0.2, 0) is 5.41 Å². The van der Waals surface area contributed by atoms with Crippen LogP contribution in [-0.4, -0.2) is 27.8 Å². The van der Waals surface area contributed by atoms with Crippen LogP contribution >= 0.6 is 0 Å². The maximum absolute atomic E-state index is 7.08. The van der Waals surface area contributed by atoms with E-state index in [1.807, 2.05) is 0 Å². The van der Waals surface area contributed by atoms with Gasteiger partial charge in [0.25, 0.3) is 0 Å². The monoisotopic (exact) mass is 863 g/mol. The van der Waals surface area contributed by atoms with E-state index in [1.54, 1.807) is 0 Å². The van der Waals surface area contributed by atoms with E-state index in [0.717, 1.165) is 57.2 Å². The van der Waals surface area contributed by atoms with E-state index in [9.17, 15) is 0 Å². The average Bonchev–Trinajstić information content (AvgIpc) is 3.96.